The number of benzene rings is 1. The number of hydrogen-bond acceptors (Lipinski definition) is 2. The minimum Gasteiger partial charge on any atom is -0.373 e. The molecule has 1 aliphatic rings. The van der Waals surface area contributed by atoms with E-state index in [2.05, 4.69) is 25.3 Å². The average molecular weight is 414 g/mol. The maximum absolute atomic E-state index is 13.4. The van der Waals surface area contributed by atoms with E-state index in [1.165, 1.54) is 12.1 Å². The third kappa shape index (κ3) is 6.46. The van der Waals surface area contributed by atoms with Crippen molar-refractivity contribution in [3.8, 4) is 0 Å². The van der Waals surface area contributed by atoms with Gasteiger partial charge < -0.3 is 4.74 Å². The van der Waals surface area contributed by atoms with E-state index in [-0.39, 0.29) is 12.2 Å². The SMILES string of the molecule is C=C[Si](C)(CCCCCCN1CC(C)OC(C)C1)c1ccccc1C(F)(F)F. The number of nitrogens with zero attached hydrogens (tertiary/aromatic N) is 1. The van der Waals surface area contributed by atoms with Gasteiger partial charge in [0.1, 0.15) is 8.07 Å². The van der Waals surface area contributed by atoms with E-state index < -0.39 is 19.8 Å². The molecule has 0 bridgehead atoms. The minimum atomic E-state index is -4.31. The van der Waals surface area contributed by atoms with Crippen LogP contribution in [0.25, 0.3) is 0 Å². The number of ether oxygens (including phenoxy) is 1. The Morgan fingerprint density at radius 1 is 1.11 bits per heavy atom. The van der Waals surface area contributed by atoms with Crippen molar-refractivity contribution in [3.63, 3.8) is 0 Å². The number of morpholine rings is 1. The molecule has 0 aliphatic carbocycles. The molecule has 1 fully saturated rings. The minimum absolute atomic E-state index is 0.289. The Balaban J connectivity index is 1.82. The summed E-state index contributed by atoms with van der Waals surface area (Å²) in [5, 5.41) is 0.466. The lowest BCUT2D eigenvalue weighted by atomic mass is 10.1. The van der Waals surface area contributed by atoms with E-state index in [0.717, 1.165) is 51.4 Å². The third-order valence-corrected chi connectivity index (χ3v) is 9.67. The molecule has 28 heavy (non-hydrogen) atoms. The summed E-state index contributed by atoms with van der Waals surface area (Å²) in [5.41, 5.74) is 1.33. The summed E-state index contributed by atoms with van der Waals surface area (Å²) in [6, 6.07) is 6.85. The summed E-state index contributed by atoms with van der Waals surface area (Å²) in [6.07, 6.45) is 0.527. The van der Waals surface area contributed by atoms with E-state index in [1.54, 1.807) is 12.1 Å². The molecule has 0 N–H and O–H groups in total. The van der Waals surface area contributed by atoms with Crippen molar-refractivity contribution in [1.82, 2.24) is 4.90 Å². The van der Waals surface area contributed by atoms with Gasteiger partial charge in [-0.1, -0.05) is 61.8 Å². The zero-order valence-corrected chi connectivity index (χ0v) is 18.4. The molecule has 3 unspecified atom stereocenters. The van der Waals surface area contributed by atoms with E-state index in [1.807, 2.05) is 12.2 Å². The van der Waals surface area contributed by atoms with Crippen LogP contribution in [0.4, 0.5) is 13.2 Å². The average Bonchev–Trinajstić information content (AvgIpc) is 2.63. The molecule has 6 heteroatoms. The molecule has 1 aliphatic heterocycles. The fourth-order valence-corrected chi connectivity index (χ4v) is 7.22. The molecule has 1 aromatic carbocycles. The molecule has 1 saturated heterocycles. The van der Waals surface area contributed by atoms with Crippen LogP contribution in [-0.2, 0) is 10.9 Å². The van der Waals surface area contributed by atoms with Crippen LogP contribution in [0.3, 0.4) is 0 Å². The Morgan fingerprint density at radius 3 is 2.32 bits per heavy atom. The monoisotopic (exact) mass is 413 g/mol. The Kier molecular flexibility index (Phi) is 8.34. The van der Waals surface area contributed by atoms with Crippen LogP contribution in [0.2, 0.25) is 12.6 Å². The lowest BCUT2D eigenvalue weighted by Gasteiger charge is -2.35. The first kappa shape index (κ1) is 23.2. The summed E-state index contributed by atoms with van der Waals surface area (Å²) in [6.45, 7) is 13.2. The van der Waals surface area contributed by atoms with Gasteiger partial charge in [-0.3, -0.25) is 4.90 Å². The van der Waals surface area contributed by atoms with Gasteiger partial charge in [0, 0.05) is 13.1 Å². The highest BCUT2D eigenvalue weighted by molar-refractivity contribution is 6.95. The molecule has 0 aromatic heterocycles. The van der Waals surface area contributed by atoms with E-state index in [0.29, 0.717) is 5.19 Å². The zero-order valence-electron chi connectivity index (χ0n) is 17.4. The standard InChI is InChI=1S/C22H34F3NOSi/c1-5-28(4,21-13-9-8-12-20(21)22(23,24)25)15-11-7-6-10-14-26-16-18(2)27-19(3)17-26/h5,8-9,12-13,18-19H,1,6-7,10-11,14-17H2,2-4H3. The van der Waals surface area contributed by atoms with Crippen LogP contribution >= 0.6 is 0 Å². The molecule has 1 aromatic rings. The molecule has 0 saturated carbocycles. The summed E-state index contributed by atoms with van der Waals surface area (Å²) in [4.78, 5) is 2.46. The van der Waals surface area contributed by atoms with Crippen LogP contribution in [0, 0.1) is 0 Å². The van der Waals surface area contributed by atoms with Crippen molar-refractivity contribution in [1.29, 1.82) is 0 Å². The Hall–Kier alpha value is -1.11. The van der Waals surface area contributed by atoms with Crippen LogP contribution in [0.15, 0.2) is 36.5 Å². The molecule has 158 valence electrons. The van der Waals surface area contributed by atoms with Crippen molar-refractivity contribution < 1.29 is 17.9 Å². The topological polar surface area (TPSA) is 12.5 Å². The molecular weight excluding hydrogens is 379 g/mol. The molecule has 0 spiro atoms. The predicted octanol–water partition coefficient (Wildman–Crippen LogP) is 5.39. The Labute approximate surface area is 168 Å². The smallest absolute Gasteiger partial charge is 0.373 e. The highest BCUT2D eigenvalue weighted by atomic mass is 28.3. The van der Waals surface area contributed by atoms with E-state index >= 15 is 0 Å². The normalized spacial score (nSPS) is 23.4. The highest BCUT2D eigenvalue weighted by Gasteiger charge is 2.38. The number of hydrogen-bond donors (Lipinski definition) is 0. The molecule has 3 atom stereocenters. The van der Waals surface area contributed by atoms with Crippen molar-refractivity contribution in [2.75, 3.05) is 19.6 Å². The van der Waals surface area contributed by atoms with Gasteiger partial charge in [-0.05, 0) is 32.0 Å². The second kappa shape index (κ2) is 10.1. The van der Waals surface area contributed by atoms with Gasteiger partial charge in [-0.15, -0.1) is 6.58 Å². The maximum atomic E-state index is 13.4. The molecule has 0 radical (unpaired) electrons. The number of halogens is 3. The van der Waals surface area contributed by atoms with Gasteiger partial charge in [0.05, 0.1) is 17.8 Å². The molecule has 2 nitrogen and oxygen atoms in total. The first-order chi connectivity index (χ1) is 13.2. The lowest BCUT2D eigenvalue weighted by molar-refractivity contribution is -0.136. The second-order valence-electron chi connectivity index (χ2n) is 8.35. The number of rotatable bonds is 9. The summed E-state index contributed by atoms with van der Waals surface area (Å²) < 4.78 is 46.0. The van der Waals surface area contributed by atoms with Crippen molar-refractivity contribution >= 4 is 13.3 Å². The summed E-state index contributed by atoms with van der Waals surface area (Å²) in [5.74, 6) is 0. The Bertz CT molecular complexity index is 626. The van der Waals surface area contributed by atoms with E-state index in [9.17, 15) is 13.2 Å². The first-order valence-corrected chi connectivity index (χ1v) is 13.1. The third-order valence-electron chi connectivity index (χ3n) is 5.71. The fourth-order valence-electron chi connectivity index (χ4n) is 4.22. The van der Waals surface area contributed by atoms with Crippen molar-refractivity contribution in [3.05, 3.63) is 42.1 Å². The zero-order chi connectivity index (χ0) is 20.8. The van der Waals surface area contributed by atoms with Gasteiger partial charge in [0.2, 0.25) is 0 Å². The van der Waals surface area contributed by atoms with Crippen molar-refractivity contribution in [2.24, 2.45) is 0 Å². The van der Waals surface area contributed by atoms with Gasteiger partial charge in [-0.2, -0.15) is 13.2 Å². The number of alkyl halides is 3. The lowest BCUT2D eigenvalue weighted by Crippen LogP contribution is -2.46. The van der Waals surface area contributed by atoms with Crippen LogP contribution in [-0.4, -0.2) is 44.8 Å². The molecule has 0 amide bonds. The summed E-state index contributed by atoms with van der Waals surface area (Å²) in [7, 11) is -2.35. The van der Waals surface area contributed by atoms with Gasteiger partial charge >= 0.3 is 6.18 Å². The Morgan fingerprint density at radius 2 is 1.71 bits per heavy atom. The van der Waals surface area contributed by atoms with Crippen molar-refractivity contribution in [2.45, 2.75) is 70.5 Å². The second-order valence-corrected chi connectivity index (χ2v) is 12.6. The molecule has 2 rings (SSSR count). The van der Waals surface area contributed by atoms with Gasteiger partial charge in [0.15, 0.2) is 0 Å². The fraction of sp³-hybridized carbons (Fsp3) is 0.636. The van der Waals surface area contributed by atoms with Crippen LogP contribution < -0.4 is 5.19 Å². The van der Waals surface area contributed by atoms with E-state index in [4.69, 9.17) is 4.74 Å². The predicted molar refractivity (Wildman–Crippen MR) is 113 cm³/mol. The number of unbranched alkanes of at least 4 members (excludes halogenated alkanes) is 3. The largest absolute Gasteiger partial charge is 0.416 e. The van der Waals surface area contributed by atoms with Crippen LogP contribution in [0.5, 0.6) is 0 Å². The van der Waals surface area contributed by atoms with Gasteiger partial charge in [0.25, 0.3) is 0 Å². The molecular formula is C22H34F3NOSi. The van der Waals surface area contributed by atoms with Crippen LogP contribution in [0.1, 0.15) is 45.1 Å². The molecule has 1 heterocycles. The summed E-state index contributed by atoms with van der Waals surface area (Å²) >= 11 is 0. The highest BCUT2D eigenvalue weighted by Crippen LogP contribution is 2.30. The maximum Gasteiger partial charge on any atom is 0.416 e. The quantitative estimate of drug-likeness (QED) is 0.398. The van der Waals surface area contributed by atoms with Gasteiger partial charge in [-0.25, -0.2) is 0 Å². The first-order valence-electron chi connectivity index (χ1n) is 10.3.